The molecule has 0 bridgehead atoms. The predicted octanol–water partition coefficient (Wildman–Crippen LogP) is 4.18. The van der Waals surface area contributed by atoms with Gasteiger partial charge in [0, 0.05) is 16.3 Å². The van der Waals surface area contributed by atoms with E-state index in [-0.39, 0.29) is 0 Å². The molecule has 95 valence electrons. The fourth-order valence-corrected chi connectivity index (χ4v) is 2.62. The minimum absolute atomic E-state index is 0.293. The molecule has 0 aliphatic rings. The van der Waals surface area contributed by atoms with Gasteiger partial charge in [-0.15, -0.1) is 11.3 Å². The second-order valence-electron chi connectivity index (χ2n) is 3.85. The summed E-state index contributed by atoms with van der Waals surface area (Å²) < 4.78 is 37.5. The highest BCUT2D eigenvalue weighted by Crippen LogP contribution is 2.34. The van der Waals surface area contributed by atoms with Crippen LogP contribution in [-0.2, 0) is 6.18 Å². The lowest BCUT2D eigenvalue weighted by molar-refractivity contribution is -0.144. The zero-order valence-corrected chi connectivity index (χ0v) is 10.2. The van der Waals surface area contributed by atoms with Gasteiger partial charge in [0.25, 0.3) is 0 Å². The van der Waals surface area contributed by atoms with E-state index in [0.29, 0.717) is 10.2 Å². The SMILES string of the molecule is FC(F)(F)c1n[c]c2c(-c3ccccc3)csc2n1. The summed E-state index contributed by atoms with van der Waals surface area (Å²) in [5.74, 6) is -1.15. The third-order valence-corrected chi connectivity index (χ3v) is 3.46. The Bertz CT molecular complexity index is 720. The van der Waals surface area contributed by atoms with Crippen LogP contribution in [-0.4, -0.2) is 9.97 Å². The summed E-state index contributed by atoms with van der Waals surface area (Å²) in [4.78, 5) is 7.12. The van der Waals surface area contributed by atoms with E-state index in [1.165, 1.54) is 0 Å². The maximum Gasteiger partial charge on any atom is 0.451 e. The number of halogens is 3. The van der Waals surface area contributed by atoms with Gasteiger partial charge in [0.05, 0.1) is 0 Å². The molecule has 0 amide bonds. The molecular weight excluding hydrogens is 273 g/mol. The van der Waals surface area contributed by atoms with Crippen LogP contribution < -0.4 is 0 Å². The number of nitrogens with zero attached hydrogens (tertiary/aromatic N) is 2. The van der Waals surface area contributed by atoms with Crippen LogP contribution in [0.25, 0.3) is 21.3 Å². The molecule has 0 saturated heterocycles. The number of rotatable bonds is 1. The zero-order valence-electron chi connectivity index (χ0n) is 9.40. The van der Waals surface area contributed by atoms with Gasteiger partial charge in [-0.1, -0.05) is 30.3 Å². The molecule has 0 N–H and O–H groups in total. The standard InChI is InChI=1S/C13H6F3N2S/c14-13(15,16)12-17-6-9-10(7-19-11(9)18-12)8-4-2-1-3-5-8/h1-5,7H. The van der Waals surface area contributed by atoms with E-state index in [1.807, 2.05) is 30.3 Å². The maximum absolute atomic E-state index is 12.5. The lowest BCUT2D eigenvalue weighted by atomic mass is 10.1. The molecule has 1 radical (unpaired) electrons. The lowest BCUT2D eigenvalue weighted by Crippen LogP contribution is -2.10. The molecule has 19 heavy (non-hydrogen) atoms. The van der Waals surface area contributed by atoms with Crippen LogP contribution in [0.5, 0.6) is 0 Å². The molecule has 3 aromatic rings. The normalized spacial score (nSPS) is 11.9. The minimum Gasteiger partial charge on any atom is -0.222 e. The van der Waals surface area contributed by atoms with Crippen LogP contribution in [0, 0.1) is 6.20 Å². The molecule has 0 aliphatic heterocycles. The van der Waals surface area contributed by atoms with Crippen molar-refractivity contribution in [1.82, 2.24) is 9.97 Å². The van der Waals surface area contributed by atoms with Gasteiger partial charge >= 0.3 is 6.18 Å². The van der Waals surface area contributed by atoms with Crippen LogP contribution in [0.2, 0.25) is 0 Å². The zero-order chi connectivity index (χ0) is 13.5. The molecule has 0 aliphatic carbocycles. The van der Waals surface area contributed by atoms with Gasteiger partial charge in [-0.3, -0.25) is 0 Å². The van der Waals surface area contributed by atoms with Gasteiger partial charge in [-0.05, 0) is 5.56 Å². The Morgan fingerprint density at radius 2 is 1.84 bits per heavy atom. The van der Waals surface area contributed by atoms with Crippen LogP contribution in [0.3, 0.4) is 0 Å². The smallest absolute Gasteiger partial charge is 0.222 e. The number of alkyl halides is 3. The summed E-state index contributed by atoms with van der Waals surface area (Å²) in [5.41, 5.74) is 1.71. The Balaban J connectivity index is 2.16. The number of hydrogen-bond acceptors (Lipinski definition) is 3. The highest BCUT2D eigenvalue weighted by molar-refractivity contribution is 7.17. The third kappa shape index (κ3) is 2.19. The molecule has 2 heterocycles. The number of aromatic nitrogens is 2. The van der Waals surface area contributed by atoms with Crippen LogP contribution in [0.1, 0.15) is 5.82 Å². The van der Waals surface area contributed by atoms with E-state index in [9.17, 15) is 13.2 Å². The highest BCUT2D eigenvalue weighted by atomic mass is 32.1. The Kier molecular flexibility index (Phi) is 2.74. The Hall–Kier alpha value is -1.95. The first-order chi connectivity index (χ1) is 9.05. The topological polar surface area (TPSA) is 25.8 Å². The summed E-state index contributed by atoms with van der Waals surface area (Å²) >= 11 is 1.16. The van der Waals surface area contributed by atoms with E-state index in [0.717, 1.165) is 22.5 Å². The molecule has 2 nitrogen and oxygen atoms in total. The second-order valence-corrected chi connectivity index (χ2v) is 4.71. The van der Waals surface area contributed by atoms with Crippen molar-refractivity contribution >= 4 is 21.6 Å². The molecule has 0 saturated carbocycles. The summed E-state index contributed by atoms with van der Waals surface area (Å²) in [7, 11) is 0. The van der Waals surface area contributed by atoms with E-state index in [2.05, 4.69) is 16.2 Å². The molecule has 1 aromatic carbocycles. The molecule has 2 aromatic heterocycles. The average molecular weight is 279 g/mol. The predicted molar refractivity (Wildman–Crippen MR) is 66.7 cm³/mol. The largest absolute Gasteiger partial charge is 0.451 e. The van der Waals surface area contributed by atoms with Crippen molar-refractivity contribution < 1.29 is 13.2 Å². The van der Waals surface area contributed by atoms with Gasteiger partial charge in [0.1, 0.15) is 11.0 Å². The Labute approximate surface area is 110 Å². The monoisotopic (exact) mass is 279 g/mol. The van der Waals surface area contributed by atoms with Crippen LogP contribution in [0.15, 0.2) is 35.7 Å². The van der Waals surface area contributed by atoms with E-state index in [1.54, 1.807) is 5.38 Å². The maximum atomic E-state index is 12.5. The Morgan fingerprint density at radius 3 is 2.53 bits per heavy atom. The van der Waals surface area contributed by atoms with E-state index < -0.39 is 12.0 Å². The fourth-order valence-electron chi connectivity index (χ4n) is 1.72. The highest BCUT2D eigenvalue weighted by Gasteiger charge is 2.35. The van der Waals surface area contributed by atoms with Gasteiger partial charge < -0.3 is 0 Å². The molecule has 0 spiro atoms. The van der Waals surface area contributed by atoms with Crippen molar-refractivity contribution in [2.75, 3.05) is 0 Å². The number of benzene rings is 1. The van der Waals surface area contributed by atoms with Crippen molar-refractivity contribution in [1.29, 1.82) is 0 Å². The number of hydrogen-bond donors (Lipinski definition) is 0. The first-order valence-corrected chi connectivity index (χ1v) is 6.23. The Morgan fingerprint density at radius 1 is 1.11 bits per heavy atom. The quantitative estimate of drug-likeness (QED) is 0.668. The van der Waals surface area contributed by atoms with Gasteiger partial charge in [-0.25, -0.2) is 9.97 Å². The first kappa shape index (κ1) is 12.1. The van der Waals surface area contributed by atoms with E-state index >= 15 is 0 Å². The van der Waals surface area contributed by atoms with Crippen molar-refractivity contribution in [3.05, 3.63) is 47.7 Å². The van der Waals surface area contributed by atoms with Gasteiger partial charge in [-0.2, -0.15) is 13.2 Å². The van der Waals surface area contributed by atoms with Crippen LogP contribution >= 0.6 is 11.3 Å². The van der Waals surface area contributed by atoms with Crippen molar-refractivity contribution in [2.24, 2.45) is 0 Å². The average Bonchev–Trinajstić information content (AvgIpc) is 2.81. The second kappa shape index (κ2) is 4.31. The van der Waals surface area contributed by atoms with Crippen molar-refractivity contribution in [3.8, 4) is 11.1 Å². The summed E-state index contributed by atoms with van der Waals surface area (Å²) in [6.07, 6.45) is -2.09. The molecule has 0 fully saturated rings. The van der Waals surface area contributed by atoms with Crippen LogP contribution in [0.4, 0.5) is 13.2 Å². The summed E-state index contributed by atoms with van der Waals surface area (Å²) in [5, 5.41) is 2.29. The minimum atomic E-state index is -4.54. The van der Waals surface area contributed by atoms with Gasteiger partial charge in [0.2, 0.25) is 5.82 Å². The molecule has 0 unspecified atom stereocenters. The van der Waals surface area contributed by atoms with Crippen molar-refractivity contribution in [3.63, 3.8) is 0 Å². The molecular formula is C13H6F3N2S. The summed E-state index contributed by atoms with van der Waals surface area (Å²) in [6.45, 7) is 0. The fraction of sp³-hybridized carbons (Fsp3) is 0.0769. The summed E-state index contributed by atoms with van der Waals surface area (Å²) in [6, 6.07) is 9.37. The first-order valence-electron chi connectivity index (χ1n) is 5.35. The lowest BCUT2D eigenvalue weighted by Gasteiger charge is -2.03. The number of thiophene rings is 1. The molecule has 6 heteroatoms. The third-order valence-electron chi connectivity index (χ3n) is 2.59. The van der Waals surface area contributed by atoms with Crippen molar-refractivity contribution in [2.45, 2.75) is 6.18 Å². The number of fused-ring (bicyclic) bond motifs is 1. The molecule has 0 atom stereocenters. The van der Waals surface area contributed by atoms with E-state index in [4.69, 9.17) is 0 Å². The molecule has 3 rings (SSSR count). The van der Waals surface area contributed by atoms with Gasteiger partial charge in [0.15, 0.2) is 0 Å².